The van der Waals surface area contributed by atoms with E-state index in [2.05, 4.69) is 0 Å². The molecule has 0 saturated carbocycles. The smallest absolute Gasteiger partial charge is 0.399 e. The predicted molar refractivity (Wildman–Crippen MR) is 262 cm³/mol. The Balaban J connectivity index is 0. The number of alkyl halides is 22. The molecule has 6 nitrogen and oxygen atoms in total. The van der Waals surface area contributed by atoms with Crippen molar-refractivity contribution < 1.29 is 101 Å². The van der Waals surface area contributed by atoms with E-state index in [-0.39, 0.29) is 64.6 Å². The molecule has 0 fully saturated rings. The van der Waals surface area contributed by atoms with Gasteiger partial charge in [-0.15, -0.1) is 0 Å². The summed E-state index contributed by atoms with van der Waals surface area (Å²) in [4.78, 5) is 0. The number of aryl methyl sites for hydroxylation is 1. The average Bonchev–Trinajstić information content (AvgIpc) is 3.25. The highest BCUT2D eigenvalue weighted by Gasteiger charge is 2.41. The molecule has 0 heterocycles. The summed E-state index contributed by atoms with van der Waals surface area (Å²) >= 11 is 10.7. The summed E-state index contributed by atoms with van der Waals surface area (Å²) < 4.78 is 282. The van der Waals surface area contributed by atoms with E-state index in [4.69, 9.17) is 57.6 Å². The number of anilines is 6. The third-order valence-electron chi connectivity index (χ3n) is 9.09. The lowest BCUT2D eigenvalue weighted by molar-refractivity contribution is -0.141. The summed E-state index contributed by atoms with van der Waals surface area (Å²) in [6.07, 6.45) is -27.3. The third-order valence-corrected chi connectivity index (χ3v) is 9.77. The largest absolute Gasteiger partial charge is 0.419 e. The summed E-state index contributed by atoms with van der Waals surface area (Å²) in [5, 5.41) is -0.209. The van der Waals surface area contributed by atoms with Crippen molar-refractivity contribution in [3.05, 3.63) is 175 Å². The minimum atomic E-state index is -4.80. The molecule has 0 spiro atoms. The van der Waals surface area contributed by atoms with E-state index in [0.717, 1.165) is 54.6 Å². The molecule has 80 heavy (non-hydrogen) atoms. The van der Waals surface area contributed by atoms with Gasteiger partial charge in [-0.2, -0.15) is 79.0 Å². The molecule has 12 N–H and O–H groups in total. The van der Waals surface area contributed by atoms with Crippen molar-refractivity contribution in [1.29, 1.82) is 0 Å². The fourth-order valence-corrected chi connectivity index (χ4v) is 5.77. The maximum absolute atomic E-state index is 12.9. The Morgan fingerprint density at radius 3 is 1.04 bits per heavy atom. The second kappa shape index (κ2) is 28.5. The predicted octanol–water partition coefficient (Wildman–Crippen LogP) is 19.0. The molecule has 6 aromatic carbocycles. The molecular weight excluding hydrogens is 1180 g/mol. The number of rotatable bonds is 2. The number of benzene rings is 6. The van der Waals surface area contributed by atoms with Crippen LogP contribution in [0.1, 0.15) is 78.8 Å². The molecular formula is C49H47Cl2F23N6. The van der Waals surface area contributed by atoms with Gasteiger partial charge >= 0.3 is 37.1 Å². The van der Waals surface area contributed by atoms with Crippen LogP contribution in [0.15, 0.2) is 109 Å². The number of nitrogen functional groups attached to an aromatic ring is 6. The lowest BCUT2D eigenvalue weighted by atomic mass is 10.0. The first-order chi connectivity index (χ1) is 34.9. The van der Waals surface area contributed by atoms with E-state index in [9.17, 15) is 101 Å². The van der Waals surface area contributed by atoms with Gasteiger partial charge in [0.05, 0.1) is 49.1 Å². The molecule has 31 heteroatoms. The average molecular weight is 1230 g/mol. The van der Waals surface area contributed by atoms with Crippen LogP contribution >= 0.6 is 23.2 Å². The molecule has 0 amide bonds. The molecule has 0 aliphatic carbocycles. The SMILES string of the molecule is C.C.CC(F)(F)c1cc(N)cc(C(F)(F)F)c1.CC(F)(F)c1cc(N)ccc1C(F)(F)F.Cc1ccc(N)cc1C(F)(F)F.Nc1cc(C(F)(F)F)ccc1Cl.Nc1ccc(Cl)c(C(F)(F)F)c1.Nc1ccc(F)c(C(F)(F)F)c1. The Morgan fingerprint density at radius 2 is 0.675 bits per heavy atom. The van der Waals surface area contributed by atoms with Crippen LogP contribution in [0, 0.1) is 12.7 Å². The van der Waals surface area contributed by atoms with Gasteiger partial charge in [0.1, 0.15) is 5.82 Å². The number of hydrogen-bond donors (Lipinski definition) is 6. The first-order valence-electron chi connectivity index (χ1n) is 20.4. The van der Waals surface area contributed by atoms with Gasteiger partial charge in [-0.25, -0.2) is 22.0 Å². The summed E-state index contributed by atoms with van der Waals surface area (Å²) in [7, 11) is 0. The number of halogens is 25. The summed E-state index contributed by atoms with van der Waals surface area (Å²) in [5.74, 6) is -8.22. The molecule has 0 atom stereocenters. The Kier molecular flexibility index (Phi) is 26.8. The Hall–Kier alpha value is -6.91. The zero-order valence-corrected chi connectivity index (χ0v) is 40.8. The van der Waals surface area contributed by atoms with Gasteiger partial charge in [0.15, 0.2) is 0 Å². The molecule has 448 valence electrons. The van der Waals surface area contributed by atoms with Crippen LogP contribution in [0.3, 0.4) is 0 Å². The molecule has 0 radical (unpaired) electrons. The third kappa shape index (κ3) is 25.0. The molecule has 0 aliphatic heterocycles. The Labute approximate surface area is 451 Å². The molecule has 0 aromatic heterocycles. The zero-order valence-electron chi connectivity index (χ0n) is 39.3. The van der Waals surface area contributed by atoms with Crippen LogP contribution in [0.25, 0.3) is 0 Å². The van der Waals surface area contributed by atoms with E-state index >= 15 is 0 Å². The van der Waals surface area contributed by atoms with Crippen molar-refractivity contribution in [2.45, 2.75) is 84.5 Å². The zero-order chi connectivity index (χ0) is 61.1. The molecule has 0 unspecified atom stereocenters. The van der Waals surface area contributed by atoms with Crippen LogP contribution < -0.4 is 34.4 Å². The minimum Gasteiger partial charge on any atom is -0.399 e. The van der Waals surface area contributed by atoms with E-state index in [1.807, 2.05) is 0 Å². The van der Waals surface area contributed by atoms with E-state index < -0.39 is 99.2 Å². The Morgan fingerprint density at radius 1 is 0.312 bits per heavy atom. The monoisotopic (exact) mass is 1230 g/mol. The van der Waals surface area contributed by atoms with Crippen molar-refractivity contribution in [3.63, 3.8) is 0 Å². The fourth-order valence-electron chi connectivity index (χ4n) is 5.43. The van der Waals surface area contributed by atoms with Crippen molar-refractivity contribution in [2.24, 2.45) is 0 Å². The number of nitrogens with two attached hydrogens (primary N) is 6. The van der Waals surface area contributed by atoms with Gasteiger partial charge in [-0.1, -0.05) is 44.1 Å². The standard InChI is InChI=1S/2C9H8F5N.C8H8F3N.2C7H5ClF3N.C7H5F4N.2CH4/c1-8(10,11)5-2-6(9(12,13)14)4-7(15)3-5;1-8(10,11)7-4-5(15)2-3-6(7)9(12,13)14;1-5-2-3-6(12)4-7(5)8(9,10)11;8-6-2-1-4(12)3-5(6)7(9,10)11;8-5-2-1-4(3-6(5)12)7(9,10)11;8-6-2-1-4(12)3-5(6)7(9,10)11;;/h2*2-4H,15H2,1H3;2-4H,12H2,1H3;3*1-3H,12H2;2*1H4. The van der Waals surface area contributed by atoms with Crippen LogP contribution in [0.5, 0.6) is 0 Å². The maximum atomic E-state index is 12.9. The quantitative estimate of drug-likeness (QED) is 0.0749. The van der Waals surface area contributed by atoms with Crippen LogP contribution in [0.2, 0.25) is 10.0 Å². The van der Waals surface area contributed by atoms with Crippen molar-refractivity contribution >= 4 is 57.3 Å². The van der Waals surface area contributed by atoms with Gasteiger partial charge < -0.3 is 34.4 Å². The molecule has 6 rings (SSSR count). The highest BCUT2D eigenvalue weighted by Crippen LogP contribution is 2.41. The normalized spacial score (nSPS) is 11.8. The van der Waals surface area contributed by atoms with Crippen LogP contribution in [-0.2, 0) is 48.9 Å². The van der Waals surface area contributed by atoms with Crippen molar-refractivity contribution in [1.82, 2.24) is 0 Å². The Bertz CT molecular complexity index is 2740. The van der Waals surface area contributed by atoms with Gasteiger partial charge in [0.25, 0.3) is 11.8 Å². The van der Waals surface area contributed by atoms with Crippen molar-refractivity contribution in [2.75, 3.05) is 34.4 Å². The lowest BCUT2D eigenvalue weighted by Crippen LogP contribution is -2.17. The molecule has 6 aromatic rings. The summed E-state index contributed by atoms with van der Waals surface area (Å²) in [6, 6.07) is 16.1. The van der Waals surface area contributed by atoms with Gasteiger partial charge in [0, 0.05) is 53.4 Å². The topological polar surface area (TPSA) is 156 Å². The molecule has 0 bridgehead atoms. The van der Waals surface area contributed by atoms with E-state index in [1.54, 1.807) is 0 Å². The number of hydrogen-bond acceptors (Lipinski definition) is 6. The van der Waals surface area contributed by atoms with E-state index in [0.29, 0.717) is 50.2 Å². The van der Waals surface area contributed by atoms with Gasteiger partial charge in [-0.05, 0) is 116 Å². The second-order valence-corrected chi connectivity index (χ2v) is 16.5. The second-order valence-electron chi connectivity index (χ2n) is 15.7. The highest BCUT2D eigenvalue weighted by molar-refractivity contribution is 6.33. The van der Waals surface area contributed by atoms with Gasteiger partial charge in [-0.3, -0.25) is 0 Å². The highest BCUT2D eigenvalue weighted by atomic mass is 35.5. The maximum Gasteiger partial charge on any atom is 0.419 e. The first-order valence-corrected chi connectivity index (χ1v) is 21.1. The minimum absolute atomic E-state index is 0. The first kappa shape index (κ1) is 75.2. The molecule has 0 aliphatic rings. The summed E-state index contributed by atoms with van der Waals surface area (Å²) in [6.45, 7) is 2.32. The van der Waals surface area contributed by atoms with Crippen LogP contribution in [0.4, 0.5) is 135 Å². The van der Waals surface area contributed by atoms with E-state index in [1.165, 1.54) is 25.1 Å². The van der Waals surface area contributed by atoms with Gasteiger partial charge in [0.2, 0.25) is 0 Å². The van der Waals surface area contributed by atoms with Crippen LogP contribution in [-0.4, -0.2) is 0 Å². The molecule has 0 saturated heterocycles. The van der Waals surface area contributed by atoms with Crippen molar-refractivity contribution in [3.8, 4) is 0 Å². The summed E-state index contributed by atoms with van der Waals surface area (Å²) in [5.41, 5.74) is 22.6. The lowest BCUT2D eigenvalue weighted by Gasteiger charge is -2.18. The fraction of sp³-hybridized carbons (Fsp3) is 0.265.